The lowest BCUT2D eigenvalue weighted by Crippen LogP contribution is -2.04. The number of carboxylic acids is 1. The number of rotatable bonds is 6. The van der Waals surface area contributed by atoms with Crippen LogP contribution in [0.25, 0.3) is 5.69 Å². The molecule has 0 aliphatic rings. The van der Waals surface area contributed by atoms with Crippen LogP contribution in [0.1, 0.15) is 6.42 Å². The van der Waals surface area contributed by atoms with Crippen molar-refractivity contribution in [2.24, 2.45) is 0 Å². The van der Waals surface area contributed by atoms with Crippen molar-refractivity contribution in [1.82, 2.24) is 9.78 Å². The van der Waals surface area contributed by atoms with Crippen molar-refractivity contribution in [3.63, 3.8) is 0 Å². The molecule has 0 aliphatic heterocycles. The van der Waals surface area contributed by atoms with Crippen molar-refractivity contribution in [3.05, 3.63) is 36.7 Å². The first kappa shape index (κ1) is 12.9. The second kappa shape index (κ2) is 5.90. The predicted octanol–water partition coefficient (Wildman–Crippen LogP) is 1.73. The molecule has 2 aromatic rings. The van der Waals surface area contributed by atoms with E-state index in [1.165, 1.54) is 0 Å². The van der Waals surface area contributed by atoms with Gasteiger partial charge in [-0.1, -0.05) is 6.07 Å². The monoisotopic (exact) mass is 262 g/mol. The predicted molar refractivity (Wildman–Crippen MR) is 67.9 cm³/mol. The quantitative estimate of drug-likeness (QED) is 0.858. The summed E-state index contributed by atoms with van der Waals surface area (Å²) in [5.41, 5.74) is 0.840. The van der Waals surface area contributed by atoms with Crippen LogP contribution in [0.4, 0.5) is 0 Å². The van der Waals surface area contributed by atoms with Gasteiger partial charge in [0, 0.05) is 6.07 Å². The van der Waals surface area contributed by atoms with Crippen molar-refractivity contribution in [3.8, 4) is 17.2 Å². The van der Waals surface area contributed by atoms with Crippen LogP contribution in [0.3, 0.4) is 0 Å². The van der Waals surface area contributed by atoms with Crippen LogP contribution in [-0.4, -0.2) is 34.6 Å². The normalized spacial score (nSPS) is 10.2. The van der Waals surface area contributed by atoms with E-state index in [1.54, 1.807) is 24.2 Å². The summed E-state index contributed by atoms with van der Waals surface area (Å²) in [6.45, 7) is 0.124. The highest BCUT2D eigenvalue weighted by Gasteiger charge is 2.04. The summed E-state index contributed by atoms with van der Waals surface area (Å²) in [5, 5.41) is 12.7. The average Bonchev–Trinajstić information content (AvgIpc) is 2.87. The van der Waals surface area contributed by atoms with Gasteiger partial charge in [0.15, 0.2) is 5.75 Å². The highest BCUT2D eigenvalue weighted by molar-refractivity contribution is 5.66. The zero-order valence-corrected chi connectivity index (χ0v) is 10.4. The molecular formula is C13H14N2O4. The van der Waals surface area contributed by atoms with Gasteiger partial charge >= 0.3 is 5.97 Å². The molecule has 0 radical (unpaired) electrons. The Hall–Kier alpha value is -2.50. The van der Waals surface area contributed by atoms with Gasteiger partial charge in [0.2, 0.25) is 0 Å². The molecular weight excluding hydrogens is 248 g/mol. The number of carboxylic acid groups (broad SMARTS) is 1. The van der Waals surface area contributed by atoms with E-state index < -0.39 is 5.97 Å². The van der Waals surface area contributed by atoms with Crippen LogP contribution in [0.2, 0.25) is 0 Å². The maximum absolute atomic E-state index is 10.4. The topological polar surface area (TPSA) is 73.6 Å². The number of hydrogen-bond donors (Lipinski definition) is 1. The van der Waals surface area contributed by atoms with E-state index in [1.807, 2.05) is 24.3 Å². The number of aliphatic carboxylic acids is 1. The van der Waals surface area contributed by atoms with E-state index in [2.05, 4.69) is 5.10 Å². The largest absolute Gasteiger partial charge is 0.497 e. The highest BCUT2D eigenvalue weighted by Crippen LogP contribution is 2.18. The maximum atomic E-state index is 10.4. The Balaban J connectivity index is 2.05. The summed E-state index contributed by atoms with van der Waals surface area (Å²) < 4.78 is 12.1. The Morgan fingerprint density at radius 3 is 3.00 bits per heavy atom. The molecule has 0 saturated carbocycles. The van der Waals surface area contributed by atoms with E-state index in [0.29, 0.717) is 5.75 Å². The molecule has 0 fully saturated rings. The third-order valence-corrected chi connectivity index (χ3v) is 2.46. The lowest BCUT2D eigenvalue weighted by Gasteiger charge is -2.04. The fraction of sp³-hybridized carbons (Fsp3) is 0.231. The first-order valence-electron chi connectivity index (χ1n) is 5.73. The Bertz CT molecular complexity index is 565. The third kappa shape index (κ3) is 3.48. The van der Waals surface area contributed by atoms with Gasteiger partial charge in [-0.3, -0.25) is 4.79 Å². The van der Waals surface area contributed by atoms with Crippen molar-refractivity contribution in [2.75, 3.05) is 13.7 Å². The first-order chi connectivity index (χ1) is 9.19. The third-order valence-electron chi connectivity index (χ3n) is 2.46. The van der Waals surface area contributed by atoms with E-state index >= 15 is 0 Å². The SMILES string of the molecule is COc1cccc(-n2cc(OCCC(=O)O)cn2)c1. The van der Waals surface area contributed by atoms with Gasteiger partial charge in [0.1, 0.15) is 5.75 Å². The van der Waals surface area contributed by atoms with E-state index in [9.17, 15) is 4.79 Å². The summed E-state index contributed by atoms with van der Waals surface area (Å²) in [6.07, 6.45) is 3.20. The zero-order chi connectivity index (χ0) is 13.7. The second-order valence-electron chi connectivity index (χ2n) is 3.81. The lowest BCUT2D eigenvalue weighted by molar-refractivity contribution is -0.137. The minimum absolute atomic E-state index is 0.0374. The molecule has 0 saturated heterocycles. The molecule has 0 aliphatic carbocycles. The van der Waals surface area contributed by atoms with Crippen molar-refractivity contribution in [1.29, 1.82) is 0 Å². The Kier molecular flexibility index (Phi) is 4.02. The number of hydrogen-bond acceptors (Lipinski definition) is 4. The molecule has 6 heteroatoms. The first-order valence-corrected chi connectivity index (χ1v) is 5.73. The summed E-state index contributed by atoms with van der Waals surface area (Å²) in [4.78, 5) is 10.4. The van der Waals surface area contributed by atoms with Crippen LogP contribution >= 0.6 is 0 Å². The minimum Gasteiger partial charge on any atom is -0.497 e. The van der Waals surface area contributed by atoms with Gasteiger partial charge in [0.05, 0.1) is 38.2 Å². The average molecular weight is 262 g/mol. The summed E-state index contributed by atoms with van der Waals surface area (Å²) in [5.74, 6) is 0.380. The zero-order valence-electron chi connectivity index (χ0n) is 10.4. The van der Waals surface area contributed by atoms with Crippen LogP contribution < -0.4 is 9.47 Å². The molecule has 2 rings (SSSR count). The van der Waals surface area contributed by atoms with Gasteiger partial charge in [-0.2, -0.15) is 5.10 Å². The molecule has 100 valence electrons. The second-order valence-corrected chi connectivity index (χ2v) is 3.81. The summed E-state index contributed by atoms with van der Waals surface area (Å²) in [6, 6.07) is 7.43. The van der Waals surface area contributed by atoms with Crippen molar-refractivity contribution < 1.29 is 19.4 Å². The van der Waals surface area contributed by atoms with E-state index in [4.69, 9.17) is 14.6 Å². The molecule has 0 bridgehead atoms. The standard InChI is InChI=1S/C13H14N2O4/c1-18-11-4-2-3-10(7-11)15-9-12(8-14-15)19-6-5-13(16)17/h2-4,7-9H,5-6H2,1H3,(H,16,17). The number of ether oxygens (including phenoxy) is 2. The number of benzene rings is 1. The molecule has 19 heavy (non-hydrogen) atoms. The molecule has 1 N–H and O–H groups in total. The lowest BCUT2D eigenvalue weighted by atomic mass is 10.3. The fourth-order valence-corrected chi connectivity index (χ4v) is 1.53. The molecule has 0 atom stereocenters. The molecule has 1 heterocycles. The van der Waals surface area contributed by atoms with E-state index in [0.717, 1.165) is 11.4 Å². The minimum atomic E-state index is -0.889. The van der Waals surface area contributed by atoms with Gasteiger partial charge in [-0.15, -0.1) is 0 Å². The molecule has 0 spiro atoms. The van der Waals surface area contributed by atoms with E-state index in [-0.39, 0.29) is 13.0 Å². The van der Waals surface area contributed by atoms with Crippen molar-refractivity contribution in [2.45, 2.75) is 6.42 Å². The van der Waals surface area contributed by atoms with Gasteiger partial charge in [0.25, 0.3) is 0 Å². The molecule has 6 nitrogen and oxygen atoms in total. The van der Waals surface area contributed by atoms with Crippen LogP contribution in [0.15, 0.2) is 36.7 Å². The summed E-state index contributed by atoms with van der Waals surface area (Å²) >= 11 is 0. The molecule has 1 aromatic heterocycles. The fourth-order valence-electron chi connectivity index (χ4n) is 1.53. The Labute approximate surface area is 110 Å². The number of nitrogens with zero attached hydrogens (tertiary/aromatic N) is 2. The smallest absolute Gasteiger partial charge is 0.306 e. The van der Waals surface area contributed by atoms with Crippen molar-refractivity contribution >= 4 is 5.97 Å². The molecule has 0 amide bonds. The number of aromatic nitrogens is 2. The van der Waals surface area contributed by atoms with Gasteiger partial charge in [-0.25, -0.2) is 4.68 Å². The maximum Gasteiger partial charge on any atom is 0.306 e. The van der Waals surface area contributed by atoms with Crippen LogP contribution in [-0.2, 0) is 4.79 Å². The molecule has 0 unspecified atom stereocenters. The van der Waals surface area contributed by atoms with Gasteiger partial charge < -0.3 is 14.6 Å². The molecule has 1 aromatic carbocycles. The van der Waals surface area contributed by atoms with Crippen LogP contribution in [0.5, 0.6) is 11.5 Å². The van der Waals surface area contributed by atoms with Gasteiger partial charge in [-0.05, 0) is 12.1 Å². The Morgan fingerprint density at radius 1 is 1.42 bits per heavy atom. The Morgan fingerprint density at radius 2 is 2.26 bits per heavy atom. The highest BCUT2D eigenvalue weighted by atomic mass is 16.5. The number of carbonyl (C=O) groups is 1. The number of methoxy groups -OCH3 is 1. The summed E-state index contributed by atoms with van der Waals surface area (Å²) in [7, 11) is 1.60. The van der Waals surface area contributed by atoms with Crippen LogP contribution in [0, 0.1) is 0 Å².